The lowest BCUT2D eigenvalue weighted by Crippen LogP contribution is -2.41. The van der Waals surface area contributed by atoms with E-state index in [1.54, 1.807) is 0 Å². The van der Waals surface area contributed by atoms with Crippen molar-refractivity contribution in [3.63, 3.8) is 0 Å². The van der Waals surface area contributed by atoms with Gasteiger partial charge in [-0.15, -0.1) is 0 Å². The van der Waals surface area contributed by atoms with E-state index in [1.165, 1.54) is 68.4 Å². The molecule has 2 nitrogen and oxygen atoms in total. The van der Waals surface area contributed by atoms with Gasteiger partial charge in [0, 0.05) is 11.0 Å². The fraction of sp³-hybridized carbons (Fsp3) is 0.647. The van der Waals surface area contributed by atoms with E-state index in [1.807, 2.05) is 0 Å². The maximum Gasteiger partial charge on any atom is 0.0178 e. The quantitative estimate of drug-likeness (QED) is 0.906. The van der Waals surface area contributed by atoms with Gasteiger partial charge in [0.1, 0.15) is 0 Å². The molecule has 3 rings (SSSR count). The fourth-order valence-corrected chi connectivity index (χ4v) is 4.07. The Morgan fingerprint density at radius 3 is 2.75 bits per heavy atom. The lowest BCUT2D eigenvalue weighted by Gasteiger charge is -2.35. The fourth-order valence-electron chi connectivity index (χ4n) is 3.65. The summed E-state index contributed by atoms with van der Waals surface area (Å²) in [7, 11) is 0. The van der Waals surface area contributed by atoms with Crippen molar-refractivity contribution >= 4 is 15.9 Å². The second-order valence-electron chi connectivity index (χ2n) is 6.34. The molecule has 3 heteroatoms. The van der Waals surface area contributed by atoms with Crippen LogP contribution in [0.1, 0.15) is 37.2 Å². The van der Waals surface area contributed by atoms with Crippen LogP contribution in [0.15, 0.2) is 28.7 Å². The van der Waals surface area contributed by atoms with Crippen molar-refractivity contribution in [2.75, 3.05) is 32.7 Å². The largest absolute Gasteiger partial charge is 0.316 e. The highest BCUT2D eigenvalue weighted by Crippen LogP contribution is 2.30. The molecule has 1 N–H and O–H groups in total. The first-order valence-electron chi connectivity index (χ1n) is 8.00. The van der Waals surface area contributed by atoms with Crippen LogP contribution in [0, 0.1) is 5.92 Å². The number of hydrogen-bond acceptors (Lipinski definition) is 2. The van der Waals surface area contributed by atoms with E-state index in [0.29, 0.717) is 0 Å². The molecule has 2 aliphatic heterocycles. The first-order valence-corrected chi connectivity index (χ1v) is 8.79. The van der Waals surface area contributed by atoms with Crippen molar-refractivity contribution in [1.82, 2.24) is 10.2 Å². The molecule has 1 aromatic carbocycles. The van der Waals surface area contributed by atoms with E-state index < -0.39 is 0 Å². The second-order valence-corrected chi connectivity index (χ2v) is 7.26. The summed E-state index contributed by atoms with van der Waals surface area (Å²) in [5, 5.41) is 3.53. The average Bonchev–Trinajstić information content (AvgIpc) is 2.49. The minimum Gasteiger partial charge on any atom is -0.316 e. The van der Waals surface area contributed by atoms with Crippen LogP contribution in [0.5, 0.6) is 0 Å². The Morgan fingerprint density at radius 1 is 1.20 bits per heavy atom. The predicted octanol–water partition coefficient (Wildman–Crippen LogP) is 3.63. The number of piperidine rings is 2. The van der Waals surface area contributed by atoms with Gasteiger partial charge in [-0.05, 0) is 81.4 Å². The number of nitrogens with one attached hydrogen (secondary N) is 1. The summed E-state index contributed by atoms with van der Waals surface area (Å²) in [6.07, 6.45) is 5.41. The normalized spacial score (nSPS) is 25.8. The Kier molecular flexibility index (Phi) is 5.14. The summed E-state index contributed by atoms with van der Waals surface area (Å²) in [5.74, 6) is 1.64. The van der Waals surface area contributed by atoms with Crippen LogP contribution < -0.4 is 5.32 Å². The molecule has 0 aromatic heterocycles. The smallest absolute Gasteiger partial charge is 0.0178 e. The third-order valence-electron chi connectivity index (χ3n) is 4.82. The van der Waals surface area contributed by atoms with Crippen LogP contribution in [0.4, 0.5) is 0 Å². The van der Waals surface area contributed by atoms with Gasteiger partial charge < -0.3 is 10.2 Å². The molecular formula is C17H25BrN2. The number of benzene rings is 1. The van der Waals surface area contributed by atoms with Crippen molar-refractivity contribution in [2.24, 2.45) is 5.92 Å². The van der Waals surface area contributed by atoms with Crippen LogP contribution in [0.3, 0.4) is 0 Å². The molecule has 0 spiro atoms. The van der Waals surface area contributed by atoms with E-state index in [9.17, 15) is 0 Å². The number of nitrogens with zero attached hydrogens (tertiary/aromatic N) is 1. The first kappa shape index (κ1) is 14.6. The Morgan fingerprint density at radius 2 is 2.05 bits per heavy atom. The van der Waals surface area contributed by atoms with E-state index in [0.717, 1.165) is 11.8 Å². The molecular weight excluding hydrogens is 312 g/mol. The van der Waals surface area contributed by atoms with Crippen molar-refractivity contribution in [3.05, 3.63) is 34.3 Å². The van der Waals surface area contributed by atoms with Gasteiger partial charge in [-0.3, -0.25) is 0 Å². The molecule has 1 unspecified atom stereocenters. The first-order chi connectivity index (χ1) is 9.81. The zero-order chi connectivity index (χ0) is 13.8. The van der Waals surface area contributed by atoms with Gasteiger partial charge >= 0.3 is 0 Å². The third kappa shape index (κ3) is 3.84. The Balaban J connectivity index is 1.49. The molecule has 0 bridgehead atoms. The molecule has 0 amide bonds. The summed E-state index contributed by atoms with van der Waals surface area (Å²) in [6.45, 7) is 6.30. The van der Waals surface area contributed by atoms with Crippen molar-refractivity contribution < 1.29 is 0 Å². The number of likely N-dealkylation sites (tertiary alicyclic amines) is 1. The molecule has 2 fully saturated rings. The lowest BCUT2D eigenvalue weighted by molar-refractivity contribution is 0.169. The molecule has 0 saturated carbocycles. The average molecular weight is 337 g/mol. The highest BCUT2D eigenvalue weighted by atomic mass is 79.9. The number of rotatable bonds is 3. The highest BCUT2D eigenvalue weighted by Gasteiger charge is 2.23. The summed E-state index contributed by atoms with van der Waals surface area (Å²) in [4.78, 5) is 2.69. The van der Waals surface area contributed by atoms with Gasteiger partial charge in [-0.2, -0.15) is 0 Å². The molecule has 1 aromatic rings. The van der Waals surface area contributed by atoms with Gasteiger partial charge in [-0.1, -0.05) is 28.1 Å². The molecule has 20 heavy (non-hydrogen) atoms. The van der Waals surface area contributed by atoms with Crippen LogP contribution in [0.25, 0.3) is 0 Å². The van der Waals surface area contributed by atoms with Gasteiger partial charge in [0.2, 0.25) is 0 Å². The second kappa shape index (κ2) is 7.06. The minimum absolute atomic E-state index is 0.758. The Bertz CT molecular complexity index is 421. The van der Waals surface area contributed by atoms with Gasteiger partial charge in [-0.25, -0.2) is 0 Å². The van der Waals surface area contributed by atoms with Crippen molar-refractivity contribution in [3.8, 4) is 0 Å². The number of halogens is 1. The minimum atomic E-state index is 0.758. The maximum absolute atomic E-state index is 3.59. The van der Waals surface area contributed by atoms with Crippen LogP contribution in [-0.2, 0) is 0 Å². The van der Waals surface area contributed by atoms with Crippen LogP contribution in [0.2, 0.25) is 0 Å². The topological polar surface area (TPSA) is 15.3 Å². The molecule has 0 radical (unpaired) electrons. The summed E-state index contributed by atoms with van der Waals surface area (Å²) < 4.78 is 1.21. The van der Waals surface area contributed by atoms with Crippen LogP contribution >= 0.6 is 15.9 Å². The zero-order valence-corrected chi connectivity index (χ0v) is 13.7. The third-order valence-corrected chi connectivity index (χ3v) is 5.32. The van der Waals surface area contributed by atoms with Crippen molar-refractivity contribution in [2.45, 2.75) is 31.6 Å². The summed E-state index contributed by atoms with van der Waals surface area (Å²) >= 11 is 3.59. The van der Waals surface area contributed by atoms with Crippen LogP contribution in [-0.4, -0.2) is 37.6 Å². The maximum atomic E-state index is 3.59. The van der Waals surface area contributed by atoms with E-state index in [4.69, 9.17) is 0 Å². The monoisotopic (exact) mass is 336 g/mol. The molecule has 1 atom stereocenters. The summed E-state index contributed by atoms with van der Waals surface area (Å²) in [6, 6.07) is 8.87. The predicted molar refractivity (Wildman–Crippen MR) is 88.2 cm³/mol. The Hall–Kier alpha value is -0.380. The van der Waals surface area contributed by atoms with Gasteiger partial charge in [0.15, 0.2) is 0 Å². The number of hydrogen-bond donors (Lipinski definition) is 1. The summed E-state index contributed by atoms with van der Waals surface area (Å²) in [5.41, 5.74) is 1.51. The molecule has 0 aliphatic carbocycles. The van der Waals surface area contributed by atoms with E-state index in [-0.39, 0.29) is 0 Å². The molecule has 110 valence electrons. The Labute approximate surface area is 131 Å². The highest BCUT2D eigenvalue weighted by molar-refractivity contribution is 9.10. The standard InChI is InChI=1S/C17H25BrN2/c18-17-5-1-4-16(11-17)15-6-9-20(10-7-15)13-14-3-2-8-19-12-14/h1,4-5,11,14-15,19H,2-3,6-10,12-13H2. The molecule has 2 saturated heterocycles. The SMILES string of the molecule is Brc1cccc(C2CCN(CC3CCCNC3)CC2)c1. The van der Waals surface area contributed by atoms with E-state index in [2.05, 4.69) is 50.4 Å². The lowest BCUT2D eigenvalue weighted by atomic mass is 9.88. The molecule has 2 aliphatic rings. The zero-order valence-electron chi connectivity index (χ0n) is 12.2. The molecule has 2 heterocycles. The van der Waals surface area contributed by atoms with Crippen molar-refractivity contribution in [1.29, 1.82) is 0 Å². The van der Waals surface area contributed by atoms with E-state index >= 15 is 0 Å². The van der Waals surface area contributed by atoms with Gasteiger partial charge in [0.25, 0.3) is 0 Å². The van der Waals surface area contributed by atoms with Gasteiger partial charge in [0.05, 0.1) is 0 Å².